The molecular weight excluding hydrogens is 412 g/mol. The molecule has 1 fully saturated rings. The zero-order chi connectivity index (χ0) is 22.5. The second kappa shape index (κ2) is 9.59. The molecule has 0 radical (unpaired) electrons. The lowest BCUT2D eigenvalue weighted by atomic mass is 10.1. The molecule has 3 aromatic rings. The Hall–Kier alpha value is -3.75. The van der Waals surface area contributed by atoms with Gasteiger partial charge < -0.3 is 29.2 Å². The number of methoxy groups -OCH3 is 3. The molecule has 1 aromatic heterocycles. The number of hydrogen-bond donors (Lipinski definition) is 1. The molecule has 0 atom stereocenters. The minimum absolute atomic E-state index is 0.0275. The number of nitrogens with zero attached hydrogens (tertiary/aromatic N) is 3. The van der Waals surface area contributed by atoms with Crippen molar-refractivity contribution in [2.24, 2.45) is 0 Å². The molecule has 1 aliphatic heterocycles. The molecule has 4 rings (SSSR count). The van der Waals surface area contributed by atoms with Crippen LogP contribution in [0.1, 0.15) is 12.8 Å². The summed E-state index contributed by atoms with van der Waals surface area (Å²) < 4.78 is 22.1. The van der Waals surface area contributed by atoms with Crippen LogP contribution in [0.15, 0.2) is 42.6 Å². The number of nitrogens with one attached hydrogen (secondary N) is 1. The molecule has 168 valence electrons. The first-order valence-corrected chi connectivity index (χ1v) is 10.4. The first-order valence-electron chi connectivity index (χ1n) is 10.4. The number of likely N-dealkylation sites (tertiary alicyclic amines) is 1. The number of anilines is 1. The SMILES string of the molecule is COc1cc(NC(=O)N2CCC(Oc3nncc4ccccc34)CC2)cc(OC)c1OC. The topological polar surface area (TPSA) is 95.0 Å². The third-order valence-electron chi connectivity index (χ3n) is 5.46. The number of rotatable bonds is 6. The fourth-order valence-corrected chi connectivity index (χ4v) is 3.78. The number of urea groups is 1. The smallest absolute Gasteiger partial charge is 0.321 e. The Morgan fingerprint density at radius 3 is 2.38 bits per heavy atom. The summed E-state index contributed by atoms with van der Waals surface area (Å²) in [5, 5.41) is 13.0. The second-order valence-electron chi connectivity index (χ2n) is 7.39. The molecule has 0 aliphatic carbocycles. The molecule has 2 amide bonds. The lowest BCUT2D eigenvalue weighted by Gasteiger charge is -2.32. The zero-order valence-electron chi connectivity index (χ0n) is 18.3. The number of carbonyl (C=O) groups is 1. The van der Waals surface area contributed by atoms with Crippen LogP contribution in [0.5, 0.6) is 23.1 Å². The number of benzene rings is 2. The predicted octanol–water partition coefficient (Wildman–Crippen LogP) is 3.73. The van der Waals surface area contributed by atoms with Crippen LogP contribution in [0.25, 0.3) is 10.8 Å². The van der Waals surface area contributed by atoms with Gasteiger partial charge in [-0.1, -0.05) is 18.2 Å². The minimum Gasteiger partial charge on any atom is -0.493 e. The van der Waals surface area contributed by atoms with Crippen molar-refractivity contribution in [3.05, 3.63) is 42.6 Å². The zero-order valence-corrected chi connectivity index (χ0v) is 18.3. The van der Waals surface area contributed by atoms with Crippen molar-refractivity contribution in [1.29, 1.82) is 0 Å². The Kier molecular flexibility index (Phi) is 6.44. The molecule has 0 unspecified atom stereocenters. The summed E-state index contributed by atoms with van der Waals surface area (Å²) in [6, 6.07) is 11.1. The van der Waals surface area contributed by atoms with Gasteiger partial charge in [0.25, 0.3) is 0 Å². The maximum Gasteiger partial charge on any atom is 0.321 e. The van der Waals surface area contributed by atoms with Gasteiger partial charge in [0.15, 0.2) is 11.5 Å². The van der Waals surface area contributed by atoms with Crippen LogP contribution in [0.2, 0.25) is 0 Å². The summed E-state index contributed by atoms with van der Waals surface area (Å²) in [6.45, 7) is 1.14. The summed E-state index contributed by atoms with van der Waals surface area (Å²) in [4.78, 5) is 14.6. The molecule has 0 bridgehead atoms. The monoisotopic (exact) mass is 438 g/mol. The van der Waals surface area contributed by atoms with Crippen molar-refractivity contribution in [2.75, 3.05) is 39.7 Å². The van der Waals surface area contributed by atoms with E-state index in [0.29, 0.717) is 54.7 Å². The maximum absolute atomic E-state index is 12.8. The van der Waals surface area contributed by atoms with Crippen molar-refractivity contribution in [3.8, 4) is 23.1 Å². The fraction of sp³-hybridized carbons (Fsp3) is 0.348. The van der Waals surface area contributed by atoms with Crippen LogP contribution in [-0.4, -0.2) is 61.7 Å². The van der Waals surface area contributed by atoms with E-state index in [0.717, 1.165) is 10.8 Å². The minimum atomic E-state index is -0.192. The van der Waals surface area contributed by atoms with E-state index < -0.39 is 0 Å². The number of ether oxygens (including phenoxy) is 4. The molecule has 1 N–H and O–H groups in total. The molecule has 0 saturated carbocycles. The fourth-order valence-electron chi connectivity index (χ4n) is 3.78. The average molecular weight is 438 g/mol. The van der Waals surface area contributed by atoms with Crippen LogP contribution in [-0.2, 0) is 0 Å². The quantitative estimate of drug-likeness (QED) is 0.627. The van der Waals surface area contributed by atoms with E-state index in [2.05, 4.69) is 15.5 Å². The number of amides is 2. The Morgan fingerprint density at radius 2 is 1.72 bits per heavy atom. The van der Waals surface area contributed by atoms with Gasteiger partial charge in [-0.2, -0.15) is 5.10 Å². The lowest BCUT2D eigenvalue weighted by Crippen LogP contribution is -2.43. The van der Waals surface area contributed by atoms with Gasteiger partial charge in [-0.25, -0.2) is 4.79 Å². The van der Waals surface area contributed by atoms with Gasteiger partial charge in [0.05, 0.1) is 33.2 Å². The van der Waals surface area contributed by atoms with E-state index in [1.54, 1.807) is 23.2 Å². The van der Waals surface area contributed by atoms with E-state index >= 15 is 0 Å². The van der Waals surface area contributed by atoms with Gasteiger partial charge >= 0.3 is 6.03 Å². The van der Waals surface area contributed by atoms with Crippen LogP contribution in [0, 0.1) is 0 Å². The van der Waals surface area contributed by atoms with Gasteiger partial charge in [0.2, 0.25) is 11.6 Å². The second-order valence-corrected chi connectivity index (χ2v) is 7.39. The highest BCUT2D eigenvalue weighted by Gasteiger charge is 2.25. The molecule has 0 spiro atoms. The third-order valence-corrected chi connectivity index (χ3v) is 5.46. The molecule has 1 saturated heterocycles. The van der Waals surface area contributed by atoms with Crippen molar-refractivity contribution >= 4 is 22.5 Å². The van der Waals surface area contributed by atoms with E-state index in [1.807, 2.05) is 24.3 Å². The Morgan fingerprint density at radius 1 is 1.03 bits per heavy atom. The Labute approximate surface area is 186 Å². The van der Waals surface area contributed by atoms with Crippen LogP contribution < -0.4 is 24.3 Å². The van der Waals surface area contributed by atoms with Gasteiger partial charge in [-0.05, 0) is 6.07 Å². The Balaban J connectivity index is 1.38. The van der Waals surface area contributed by atoms with Crippen LogP contribution in [0.4, 0.5) is 10.5 Å². The number of carbonyl (C=O) groups excluding carboxylic acids is 1. The molecule has 1 aliphatic rings. The van der Waals surface area contributed by atoms with Crippen LogP contribution in [0.3, 0.4) is 0 Å². The molecule has 2 aromatic carbocycles. The number of fused-ring (bicyclic) bond motifs is 1. The van der Waals surface area contributed by atoms with Crippen molar-refractivity contribution in [2.45, 2.75) is 18.9 Å². The summed E-state index contributed by atoms with van der Waals surface area (Å²) in [7, 11) is 4.61. The lowest BCUT2D eigenvalue weighted by molar-refractivity contribution is 0.112. The highest BCUT2D eigenvalue weighted by atomic mass is 16.5. The van der Waals surface area contributed by atoms with Gasteiger partial charge in [-0.15, -0.1) is 5.10 Å². The molecule has 2 heterocycles. The number of aromatic nitrogens is 2. The largest absolute Gasteiger partial charge is 0.493 e. The van der Waals surface area contributed by atoms with Crippen LogP contribution >= 0.6 is 0 Å². The summed E-state index contributed by atoms with van der Waals surface area (Å²) in [6.07, 6.45) is 3.10. The van der Waals surface area contributed by atoms with Crippen molar-refractivity contribution in [3.63, 3.8) is 0 Å². The molecule has 32 heavy (non-hydrogen) atoms. The van der Waals surface area contributed by atoms with Gasteiger partial charge in [0.1, 0.15) is 6.10 Å². The molecule has 9 heteroatoms. The first kappa shape index (κ1) is 21.5. The van der Waals surface area contributed by atoms with Crippen molar-refractivity contribution < 1.29 is 23.7 Å². The molecule has 9 nitrogen and oxygen atoms in total. The molecular formula is C23H26N4O5. The van der Waals surface area contributed by atoms with E-state index in [1.165, 1.54) is 21.3 Å². The number of hydrogen-bond acceptors (Lipinski definition) is 7. The highest BCUT2D eigenvalue weighted by Crippen LogP contribution is 2.40. The first-order chi connectivity index (χ1) is 15.6. The Bertz CT molecular complexity index is 1070. The number of piperidine rings is 1. The van der Waals surface area contributed by atoms with Crippen molar-refractivity contribution in [1.82, 2.24) is 15.1 Å². The van der Waals surface area contributed by atoms with E-state index in [-0.39, 0.29) is 12.1 Å². The summed E-state index contributed by atoms with van der Waals surface area (Å²) >= 11 is 0. The highest BCUT2D eigenvalue weighted by molar-refractivity contribution is 5.90. The third kappa shape index (κ3) is 4.46. The van der Waals surface area contributed by atoms with Gasteiger partial charge in [-0.3, -0.25) is 0 Å². The standard InChI is InChI=1S/C23H26N4O5/c1-29-19-12-16(13-20(30-2)21(19)31-3)25-23(28)27-10-8-17(9-11-27)32-22-18-7-5-4-6-15(18)14-24-26-22/h4-7,12-14,17H,8-11H2,1-3H3,(H,25,28). The van der Waals surface area contributed by atoms with E-state index in [4.69, 9.17) is 18.9 Å². The maximum atomic E-state index is 12.8. The summed E-state index contributed by atoms with van der Waals surface area (Å²) in [5.41, 5.74) is 0.564. The normalized spacial score (nSPS) is 14.2. The predicted molar refractivity (Wildman–Crippen MR) is 120 cm³/mol. The van der Waals surface area contributed by atoms with E-state index in [9.17, 15) is 4.79 Å². The average Bonchev–Trinajstić information content (AvgIpc) is 2.84. The summed E-state index contributed by atoms with van der Waals surface area (Å²) in [5.74, 6) is 1.96. The van der Waals surface area contributed by atoms with Gasteiger partial charge in [0, 0.05) is 48.8 Å².